The summed E-state index contributed by atoms with van der Waals surface area (Å²) in [5.41, 5.74) is 1.62. The molecule has 0 bridgehead atoms. The van der Waals surface area contributed by atoms with Crippen molar-refractivity contribution in [1.82, 2.24) is 15.1 Å². The quantitative estimate of drug-likeness (QED) is 0.809. The number of nitrogens with zero attached hydrogens (tertiary/aromatic N) is 2. The van der Waals surface area contributed by atoms with Crippen molar-refractivity contribution in [2.24, 2.45) is 0 Å². The first kappa shape index (κ1) is 16.0. The van der Waals surface area contributed by atoms with Crippen LogP contribution in [0.1, 0.15) is 56.3 Å². The lowest BCUT2D eigenvalue weighted by molar-refractivity contribution is -0.121. The molecule has 1 heterocycles. The van der Waals surface area contributed by atoms with Crippen LogP contribution in [0.3, 0.4) is 0 Å². The smallest absolute Gasteiger partial charge is 0.220 e. The van der Waals surface area contributed by atoms with Crippen molar-refractivity contribution in [3.8, 4) is 0 Å². The van der Waals surface area contributed by atoms with Crippen LogP contribution in [0.5, 0.6) is 0 Å². The highest BCUT2D eigenvalue weighted by molar-refractivity contribution is 5.75. The molecule has 1 aromatic rings. The molecule has 0 atom stereocenters. The molecule has 1 aliphatic carbocycles. The Morgan fingerprint density at radius 3 is 2.76 bits per heavy atom. The largest absolute Gasteiger partial charge is 0.390 e. The van der Waals surface area contributed by atoms with Crippen LogP contribution in [-0.2, 0) is 11.3 Å². The van der Waals surface area contributed by atoms with E-state index in [1.165, 1.54) is 0 Å². The Kier molecular flexibility index (Phi) is 5.39. The lowest BCUT2D eigenvalue weighted by atomic mass is 9.98. The number of aliphatic hydroxyl groups is 1. The third kappa shape index (κ3) is 4.84. The highest BCUT2D eigenvalue weighted by Crippen LogP contribution is 2.31. The number of carbonyl (C=O) groups is 1. The molecule has 0 spiro atoms. The number of hydrogen-bond acceptors (Lipinski definition) is 3. The number of amides is 1. The van der Waals surface area contributed by atoms with E-state index in [4.69, 9.17) is 0 Å². The van der Waals surface area contributed by atoms with Crippen molar-refractivity contribution in [3.63, 3.8) is 0 Å². The summed E-state index contributed by atoms with van der Waals surface area (Å²) in [7, 11) is 0. The van der Waals surface area contributed by atoms with Gasteiger partial charge in [-0.1, -0.05) is 12.8 Å². The van der Waals surface area contributed by atoms with Crippen LogP contribution in [0.2, 0.25) is 0 Å². The maximum Gasteiger partial charge on any atom is 0.220 e. The first-order valence-electron chi connectivity index (χ1n) is 7.99. The van der Waals surface area contributed by atoms with Gasteiger partial charge in [0.1, 0.15) is 0 Å². The third-order valence-corrected chi connectivity index (χ3v) is 4.32. The van der Waals surface area contributed by atoms with Gasteiger partial charge in [0.15, 0.2) is 0 Å². The minimum atomic E-state index is -0.531. The summed E-state index contributed by atoms with van der Waals surface area (Å²) in [6.07, 6.45) is 5.94. The van der Waals surface area contributed by atoms with Crippen LogP contribution < -0.4 is 5.32 Å². The first-order chi connectivity index (χ1) is 9.98. The lowest BCUT2D eigenvalue weighted by Gasteiger charge is -2.21. The van der Waals surface area contributed by atoms with Gasteiger partial charge >= 0.3 is 0 Å². The van der Waals surface area contributed by atoms with Gasteiger partial charge in [0.2, 0.25) is 5.91 Å². The molecule has 2 N–H and O–H groups in total. The molecule has 1 aliphatic rings. The number of aryl methyl sites for hydroxylation is 3. The molecule has 1 fully saturated rings. The normalized spacial score (nSPS) is 17.1. The predicted molar refractivity (Wildman–Crippen MR) is 82.0 cm³/mol. The molecule has 1 saturated carbocycles. The van der Waals surface area contributed by atoms with Gasteiger partial charge in [0, 0.05) is 25.2 Å². The second-order valence-corrected chi connectivity index (χ2v) is 6.29. The Morgan fingerprint density at radius 1 is 1.43 bits per heavy atom. The van der Waals surface area contributed by atoms with E-state index in [2.05, 4.69) is 10.4 Å². The van der Waals surface area contributed by atoms with Gasteiger partial charge in [-0.05, 0) is 45.6 Å². The molecule has 0 saturated heterocycles. The van der Waals surface area contributed by atoms with Crippen LogP contribution in [0.25, 0.3) is 0 Å². The zero-order valence-electron chi connectivity index (χ0n) is 13.2. The molecule has 0 aromatic carbocycles. The SMILES string of the molecule is Cc1cc(C)n(CCCC(=O)NCCC2(O)CCCC2)n1. The van der Waals surface area contributed by atoms with Gasteiger partial charge in [0.05, 0.1) is 11.3 Å². The van der Waals surface area contributed by atoms with E-state index in [0.717, 1.165) is 50.0 Å². The van der Waals surface area contributed by atoms with Crippen LogP contribution in [0.15, 0.2) is 6.07 Å². The van der Waals surface area contributed by atoms with Crippen molar-refractivity contribution >= 4 is 5.91 Å². The zero-order chi connectivity index (χ0) is 15.3. The van der Waals surface area contributed by atoms with Crippen LogP contribution in [-0.4, -0.2) is 32.9 Å². The maximum absolute atomic E-state index is 11.8. The van der Waals surface area contributed by atoms with E-state index in [-0.39, 0.29) is 5.91 Å². The zero-order valence-corrected chi connectivity index (χ0v) is 13.2. The Labute approximate surface area is 126 Å². The molecule has 1 aromatic heterocycles. The first-order valence-corrected chi connectivity index (χ1v) is 7.99. The molecule has 0 radical (unpaired) electrons. The third-order valence-electron chi connectivity index (χ3n) is 4.32. The van der Waals surface area contributed by atoms with Crippen LogP contribution in [0, 0.1) is 13.8 Å². The number of aromatic nitrogens is 2. The summed E-state index contributed by atoms with van der Waals surface area (Å²) in [6.45, 7) is 5.36. The summed E-state index contributed by atoms with van der Waals surface area (Å²) in [5.74, 6) is 0.0677. The fourth-order valence-corrected chi connectivity index (χ4v) is 3.10. The fraction of sp³-hybridized carbons (Fsp3) is 0.750. The van der Waals surface area contributed by atoms with E-state index in [1.807, 2.05) is 24.6 Å². The van der Waals surface area contributed by atoms with E-state index in [0.29, 0.717) is 19.4 Å². The van der Waals surface area contributed by atoms with Crippen LogP contribution >= 0.6 is 0 Å². The molecule has 1 amide bonds. The van der Waals surface area contributed by atoms with E-state index in [1.54, 1.807) is 0 Å². The predicted octanol–water partition coefficient (Wildman–Crippen LogP) is 2.09. The molecule has 21 heavy (non-hydrogen) atoms. The molecular formula is C16H27N3O2. The van der Waals surface area contributed by atoms with Gasteiger partial charge in [0.25, 0.3) is 0 Å². The molecule has 118 valence electrons. The van der Waals surface area contributed by atoms with Gasteiger partial charge in [-0.15, -0.1) is 0 Å². The van der Waals surface area contributed by atoms with Crippen molar-refractivity contribution in [3.05, 3.63) is 17.5 Å². The van der Waals surface area contributed by atoms with E-state index in [9.17, 15) is 9.90 Å². The van der Waals surface area contributed by atoms with Gasteiger partial charge < -0.3 is 10.4 Å². The Balaban J connectivity index is 1.60. The Bertz CT molecular complexity index is 476. The Hall–Kier alpha value is -1.36. The number of nitrogens with one attached hydrogen (secondary N) is 1. The highest BCUT2D eigenvalue weighted by Gasteiger charge is 2.30. The maximum atomic E-state index is 11.8. The van der Waals surface area contributed by atoms with Crippen LogP contribution in [0.4, 0.5) is 0 Å². The van der Waals surface area contributed by atoms with Gasteiger partial charge in [-0.3, -0.25) is 9.48 Å². The average Bonchev–Trinajstić information content (AvgIpc) is 2.96. The Morgan fingerprint density at radius 2 is 2.14 bits per heavy atom. The topological polar surface area (TPSA) is 67.2 Å². The van der Waals surface area contributed by atoms with Crippen molar-refractivity contribution in [2.45, 2.75) is 70.9 Å². The number of carbonyl (C=O) groups excluding carboxylic acids is 1. The highest BCUT2D eigenvalue weighted by atomic mass is 16.3. The summed E-state index contributed by atoms with van der Waals surface area (Å²) in [5, 5.41) is 17.5. The monoisotopic (exact) mass is 293 g/mol. The van der Waals surface area contributed by atoms with Crippen molar-refractivity contribution in [1.29, 1.82) is 0 Å². The van der Waals surface area contributed by atoms with Gasteiger partial charge in [-0.25, -0.2) is 0 Å². The summed E-state index contributed by atoms with van der Waals surface area (Å²) in [6, 6.07) is 2.04. The number of hydrogen-bond donors (Lipinski definition) is 2. The minimum Gasteiger partial charge on any atom is -0.390 e. The van der Waals surface area contributed by atoms with E-state index < -0.39 is 5.60 Å². The molecule has 2 rings (SSSR count). The minimum absolute atomic E-state index is 0.0677. The molecular weight excluding hydrogens is 266 g/mol. The van der Waals surface area contributed by atoms with Crippen molar-refractivity contribution < 1.29 is 9.90 Å². The average molecular weight is 293 g/mol. The molecule has 0 aliphatic heterocycles. The summed E-state index contributed by atoms with van der Waals surface area (Å²) in [4.78, 5) is 11.8. The van der Waals surface area contributed by atoms with Crippen molar-refractivity contribution in [2.75, 3.05) is 6.54 Å². The van der Waals surface area contributed by atoms with Gasteiger partial charge in [-0.2, -0.15) is 5.10 Å². The summed E-state index contributed by atoms with van der Waals surface area (Å²) < 4.78 is 1.95. The summed E-state index contributed by atoms with van der Waals surface area (Å²) >= 11 is 0. The second kappa shape index (κ2) is 7.07. The fourth-order valence-electron chi connectivity index (χ4n) is 3.10. The molecule has 5 nitrogen and oxygen atoms in total. The van der Waals surface area contributed by atoms with E-state index >= 15 is 0 Å². The molecule has 0 unspecified atom stereocenters. The lowest BCUT2D eigenvalue weighted by Crippen LogP contribution is -2.32. The number of rotatable bonds is 7. The standard InChI is InChI=1S/C16H27N3O2/c1-13-12-14(2)19(18-13)11-5-6-15(20)17-10-9-16(21)7-3-4-8-16/h12,21H,3-11H2,1-2H3,(H,17,20). The second-order valence-electron chi connectivity index (χ2n) is 6.29. The molecule has 5 heteroatoms.